The number of anilines is 1. The lowest BCUT2D eigenvalue weighted by Gasteiger charge is -2.33. The van der Waals surface area contributed by atoms with E-state index >= 15 is 0 Å². The topological polar surface area (TPSA) is 75.1 Å². The number of carbonyl (C=O) groups excluding carboxylic acids is 1. The minimum absolute atomic E-state index is 0.0291. The van der Waals surface area contributed by atoms with Gasteiger partial charge in [0.15, 0.2) is 0 Å². The number of carbonyl (C=O) groups is 1. The Morgan fingerprint density at radius 2 is 2.04 bits per heavy atom. The molecule has 1 saturated heterocycles. The maximum atomic E-state index is 12.9. The molecule has 3 heterocycles. The maximum absolute atomic E-state index is 12.9. The van der Waals surface area contributed by atoms with Crippen molar-refractivity contribution < 1.29 is 18.0 Å². The van der Waals surface area contributed by atoms with Gasteiger partial charge in [0.25, 0.3) is 0 Å². The normalized spacial score (nSPS) is 15.6. The van der Waals surface area contributed by atoms with E-state index in [0.717, 1.165) is 42.6 Å². The first-order valence-corrected chi connectivity index (χ1v) is 8.63. The van der Waals surface area contributed by atoms with Crippen molar-refractivity contribution in [1.29, 1.82) is 0 Å². The number of aryl methyl sites for hydroxylation is 1. The Morgan fingerprint density at radius 3 is 2.67 bits per heavy atom. The van der Waals surface area contributed by atoms with Crippen LogP contribution in [0.25, 0.3) is 0 Å². The summed E-state index contributed by atoms with van der Waals surface area (Å²) in [7, 11) is 1.41. The lowest BCUT2D eigenvalue weighted by molar-refractivity contribution is -0.138. The molecule has 2 aromatic rings. The van der Waals surface area contributed by atoms with Crippen molar-refractivity contribution >= 4 is 11.8 Å². The summed E-state index contributed by atoms with van der Waals surface area (Å²) in [4.78, 5) is 18.5. The highest BCUT2D eigenvalue weighted by Crippen LogP contribution is 2.31. The second-order valence-electron chi connectivity index (χ2n) is 6.40. The molecule has 2 aromatic heterocycles. The van der Waals surface area contributed by atoms with E-state index in [9.17, 15) is 18.0 Å². The van der Waals surface area contributed by atoms with E-state index in [1.807, 2.05) is 18.2 Å². The van der Waals surface area contributed by atoms with E-state index in [1.54, 1.807) is 6.20 Å². The van der Waals surface area contributed by atoms with E-state index in [2.05, 4.69) is 25.6 Å². The summed E-state index contributed by atoms with van der Waals surface area (Å²) in [5.74, 6) is 0.899. The zero-order valence-corrected chi connectivity index (χ0v) is 14.8. The van der Waals surface area contributed by atoms with Crippen LogP contribution >= 0.6 is 0 Å². The fourth-order valence-corrected chi connectivity index (χ4v) is 3.10. The number of nitrogens with zero attached hydrogens (tertiary/aromatic N) is 4. The molecule has 0 radical (unpaired) electrons. The Kier molecular flexibility index (Phi) is 5.52. The summed E-state index contributed by atoms with van der Waals surface area (Å²) in [6.45, 7) is 1.26. The first-order chi connectivity index (χ1) is 12.8. The van der Waals surface area contributed by atoms with Gasteiger partial charge in [0.05, 0.1) is 24.0 Å². The van der Waals surface area contributed by atoms with Crippen LogP contribution in [-0.4, -0.2) is 39.9 Å². The van der Waals surface area contributed by atoms with Crippen molar-refractivity contribution in [2.75, 3.05) is 18.0 Å². The summed E-state index contributed by atoms with van der Waals surface area (Å²) in [6.07, 6.45) is -0.518. The van der Waals surface area contributed by atoms with Gasteiger partial charge in [-0.3, -0.25) is 4.68 Å². The molecule has 0 aromatic carbocycles. The monoisotopic (exact) mass is 382 g/mol. The molecule has 1 aliphatic heterocycles. The van der Waals surface area contributed by atoms with Gasteiger partial charge in [0, 0.05) is 32.4 Å². The van der Waals surface area contributed by atoms with Gasteiger partial charge < -0.3 is 15.5 Å². The van der Waals surface area contributed by atoms with Gasteiger partial charge in [-0.2, -0.15) is 18.3 Å². The van der Waals surface area contributed by atoms with E-state index in [0.29, 0.717) is 0 Å². The van der Waals surface area contributed by atoms with Crippen LogP contribution in [0.3, 0.4) is 0 Å². The number of hydrogen-bond donors (Lipinski definition) is 2. The molecule has 146 valence electrons. The van der Waals surface area contributed by atoms with Crippen molar-refractivity contribution in [1.82, 2.24) is 25.4 Å². The average molecular weight is 382 g/mol. The lowest BCUT2D eigenvalue weighted by atomic mass is 10.1. The third-order valence-electron chi connectivity index (χ3n) is 4.59. The average Bonchev–Trinajstić information content (AvgIpc) is 3.02. The van der Waals surface area contributed by atoms with E-state index in [4.69, 9.17) is 0 Å². The highest BCUT2D eigenvalue weighted by atomic mass is 19.4. The highest BCUT2D eigenvalue weighted by molar-refractivity contribution is 5.74. The minimum atomic E-state index is -4.50. The molecule has 1 aliphatic rings. The Hall–Kier alpha value is -2.78. The fraction of sp³-hybridized carbons (Fsp3) is 0.471. The summed E-state index contributed by atoms with van der Waals surface area (Å²) >= 11 is 0. The van der Waals surface area contributed by atoms with Gasteiger partial charge in [0.2, 0.25) is 0 Å². The summed E-state index contributed by atoms with van der Waals surface area (Å²) in [6, 6.07) is 5.20. The fourth-order valence-electron chi connectivity index (χ4n) is 3.10. The lowest BCUT2D eigenvalue weighted by Crippen LogP contribution is -2.48. The molecule has 0 saturated carbocycles. The number of hydrogen-bond acceptors (Lipinski definition) is 4. The molecule has 10 heteroatoms. The number of halogens is 3. The van der Waals surface area contributed by atoms with Crippen LogP contribution in [0.1, 0.15) is 24.1 Å². The molecular formula is C17H21F3N6O. The van der Waals surface area contributed by atoms with E-state index in [-0.39, 0.29) is 18.3 Å². The van der Waals surface area contributed by atoms with Gasteiger partial charge >= 0.3 is 12.2 Å². The van der Waals surface area contributed by atoms with Crippen LogP contribution < -0.4 is 15.5 Å². The summed E-state index contributed by atoms with van der Waals surface area (Å²) in [5, 5.41) is 8.94. The van der Waals surface area contributed by atoms with Crippen molar-refractivity contribution in [3.8, 4) is 0 Å². The molecule has 3 rings (SSSR count). The number of piperidine rings is 1. The minimum Gasteiger partial charge on any atom is -0.356 e. The van der Waals surface area contributed by atoms with Crippen molar-refractivity contribution in [2.45, 2.75) is 31.6 Å². The highest BCUT2D eigenvalue weighted by Gasteiger charge is 2.35. The largest absolute Gasteiger partial charge is 0.419 e. The number of pyridine rings is 1. The van der Waals surface area contributed by atoms with E-state index < -0.39 is 17.8 Å². The Labute approximate surface area is 154 Å². The summed E-state index contributed by atoms with van der Waals surface area (Å²) < 4.78 is 40.0. The Bertz CT molecular complexity index is 769. The number of rotatable bonds is 4. The molecule has 2 amide bonds. The van der Waals surface area contributed by atoms with Gasteiger partial charge in [-0.05, 0) is 25.0 Å². The molecule has 0 atom stereocenters. The van der Waals surface area contributed by atoms with Crippen LogP contribution in [0.15, 0.2) is 30.6 Å². The number of alkyl halides is 3. The first-order valence-electron chi connectivity index (χ1n) is 8.63. The van der Waals surface area contributed by atoms with Crippen LogP contribution in [0.2, 0.25) is 0 Å². The number of nitrogens with one attached hydrogen (secondary N) is 2. The Balaban J connectivity index is 1.48. The standard InChI is InChI=1S/C17H21F3N6O/c1-25-14(13(10-23-25)17(18,19)20)11-22-16(27)24-12-5-8-26(9-6-12)15-4-2-3-7-21-15/h2-4,7,10,12H,5-6,8-9,11H2,1H3,(H2,22,24,27). The third kappa shape index (κ3) is 4.69. The molecular weight excluding hydrogens is 361 g/mol. The number of amides is 2. The first kappa shape index (κ1) is 19.0. The molecule has 0 bridgehead atoms. The Morgan fingerprint density at radius 1 is 1.30 bits per heavy atom. The second-order valence-corrected chi connectivity index (χ2v) is 6.40. The van der Waals surface area contributed by atoms with Crippen LogP contribution in [0.5, 0.6) is 0 Å². The van der Waals surface area contributed by atoms with Crippen molar-refractivity contribution in [2.24, 2.45) is 7.05 Å². The predicted molar refractivity (Wildman–Crippen MR) is 93.1 cm³/mol. The molecule has 7 nitrogen and oxygen atoms in total. The molecule has 1 fully saturated rings. The smallest absolute Gasteiger partial charge is 0.356 e. The van der Waals surface area contributed by atoms with Crippen LogP contribution in [-0.2, 0) is 19.8 Å². The number of urea groups is 1. The molecule has 0 aliphatic carbocycles. The molecule has 0 spiro atoms. The third-order valence-corrected chi connectivity index (χ3v) is 4.59. The van der Waals surface area contributed by atoms with Crippen LogP contribution in [0, 0.1) is 0 Å². The zero-order chi connectivity index (χ0) is 19.4. The van der Waals surface area contributed by atoms with Crippen molar-refractivity contribution in [3.05, 3.63) is 41.9 Å². The second kappa shape index (κ2) is 7.85. The molecule has 2 N–H and O–H groups in total. The summed E-state index contributed by atoms with van der Waals surface area (Å²) in [5.41, 5.74) is -0.920. The predicted octanol–water partition coefficient (Wildman–Crippen LogP) is 2.30. The number of aromatic nitrogens is 3. The molecule has 27 heavy (non-hydrogen) atoms. The SMILES string of the molecule is Cn1ncc(C(F)(F)F)c1CNC(=O)NC1CCN(c2ccccn2)CC1. The van der Waals surface area contributed by atoms with Gasteiger partial charge in [0.1, 0.15) is 5.82 Å². The van der Waals surface area contributed by atoms with Crippen LogP contribution in [0.4, 0.5) is 23.8 Å². The maximum Gasteiger partial charge on any atom is 0.419 e. The van der Waals surface area contributed by atoms with Crippen molar-refractivity contribution in [3.63, 3.8) is 0 Å². The zero-order valence-electron chi connectivity index (χ0n) is 14.8. The van der Waals surface area contributed by atoms with Gasteiger partial charge in [-0.25, -0.2) is 9.78 Å². The van der Waals surface area contributed by atoms with Gasteiger partial charge in [-0.1, -0.05) is 6.07 Å². The van der Waals surface area contributed by atoms with E-state index in [1.165, 1.54) is 7.05 Å². The molecule has 0 unspecified atom stereocenters. The quantitative estimate of drug-likeness (QED) is 0.851. The van der Waals surface area contributed by atoms with Gasteiger partial charge in [-0.15, -0.1) is 0 Å².